The van der Waals surface area contributed by atoms with Crippen LogP contribution >= 0.6 is 0 Å². The van der Waals surface area contributed by atoms with Crippen LogP contribution in [-0.4, -0.2) is 19.3 Å². The van der Waals surface area contributed by atoms with Crippen LogP contribution in [0.5, 0.6) is 0 Å². The molecule has 0 fully saturated rings. The minimum atomic E-state index is -3.82. The van der Waals surface area contributed by atoms with Crippen LogP contribution in [0, 0.1) is 11.3 Å². The number of allylic oxidation sites excluding steroid dienone is 1. The van der Waals surface area contributed by atoms with Crippen molar-refractivity contribution in [3.63, 3.8) is 0 Å². The number of nitriles is 1. The van der Waals surface area contributed by atoms with Crippen molar-refractivity contribution in [2.24, 2.45) is 0 Å². The van der Waals surface area contributed by atoms with E-state index in [1.54, 1.807) is 43.6 Å². The summed E-state index contributed by atoms with van der Waals surface area (Å²) in [6.07, 6.45) is 4.41. The molecule has 0 aliphatic rings. The van der Waals surface area contributed by atoms with Crippen molar-refractivity contribution < 1.29 is 13.2 Å². The van der Waals surface area contributed by atoms with Crippen LogP contribution in [-0.2, 0) is 20.6 Å². The lowest BCUT2D eigenvalue weighted by atomic mass is 10.1. The van der Waals surface area contributed by atoms with Crippen molar-refractivity contribution in [2.75, 3.05) is 0 Å². The molecular formula is C17H15N3O3S. The van der Waals surface area contributed by atoms with E-state index in [1.165, 1.54) is 18.2 Å². The van der Waals surface area contributed by atoms with Gasteiger partial charge in [-0.1, -0.05) is 12.1 Å². The Morgan fingerprint density at radius 2 is 1.83 bits per heavy atom. The van der Waals surface area contributed by atoms with Gasteiger partial charge in [-0.2, -0.15) is 5.26 Å². The summed E-state index contributed by atoms with van der Waals surface area (Å²) in [5, 5.41) is 8.72. The quantitative estimate of drug-likeness (QED) is 0.839. The first-order chi connectivity index (χ1) is 11.4. The molecule has 2 aromatic rings. The maximum absolute atomic E-state index is 12.0. The molecule has 122 valence electrons. The fraction of sp³-hybridized carbons (Fsp3) is 0.118. The van der Waals surface area contributed by atoms with Crippen molar-refractivity contribution in [2.45, 2.75) is 12.7 Å². The maximum atomic E-state index is 12.0. The topological polar surface area (TPSA) is 99.9 Å². The summed E-state index contributed by atoms with van der Waals surface area (Å²) < 4.78 is 26.1. The highest BCUT2D eigenvalue weighted by atomic mass is 32.2. The second kappa shape index (κ2) is 7.53. The number of aromatic nitrogens is 1. The summed E-state index contributed by atoms with van der Waals surface area (Å²) >= 11 is 0. The maximum Gasteiger partial charge on any atom is 0.257 e. The molecule has 0 unspecified atom stereocenters. The number of nitrogens with zero attached hydrogens (tertiary/aromatic N) is 2. The van der Waals surface area contributed by atoms with Crippen molar-refractivity contribution >= 4 is 21.5 Å². The number of carbonyl (C=O) groups excluding carboxylic acids is 1. The Labute approximate surface area is 140 Å². The summed E-state index contributed by atoms with van der Waals surface area (Å²) in [4.78, 5) is 15.8. The van der Waals surface area contributed by atoms with E-state index in [0.29, 0.717) is 16.7 Å². The van der Waals surface area contributed by atoms with E-state index < -0.39 is 15.9 Å². The molecule has 6 nitrogen and oxygen atoms in total. The van der Waals surface area contributed by atoms with Crippen LogP contribution in [0.15, 0.2) is 54.9 Å². The largest absolute Gasteiger partial charge is 0.269 e. The fourth-order valence-electron chi connectivity index (χ4n) is 2.01. The lowest BCUT2D eigenvalue weighted by molar-refractivity contribution is -0.114. The van der Waals surface area contributed by atoms with Gasteiger partial charge in [-0.25, -0.2) is 13.1 Å². The minimum absolute atomic E-state index is 0.341. The predicted molar refractivity (Wildman–Crippen MR) is 89.8 cm³/mol. The number of hydrogen-bond acceptors (Lipinski definition) is 5. The van der Waals surface area contributed by atoms with Gasteiger partial charge in [0.15, 0.2) is 0 Å². The van der Waals surface area contributed by atoms with Gasteiger partial charge in [0.25, 0.3) is 5.91 Å². The number of sulfonamides is 1. The molecule has 0 aliphatic heterocycles. The molecule has 1 aromatic carbocycles. The standard InChI is InChI=1S/C17H15N3O3S/c1-13(16-6-8-19-9-7-16)10-17(21)20-24(22,23)12-15-4-2-14(11-18)3-5-15/h2-10H,12H2,1H3,(H,20,21)/b13-10+. The van der Waals surface area contributed by atoms with Crippen LogP contribution in [0.1, 0.15) is 23.6 Å². The Morgan fingerprint density at radius 3 is 2.42 bits per heavy atom. The van der Waals surface area contributed by atoms with Crippen LogP contribution in [0.2, 0.25) is 0 Å². The Bertz CT molecular complexity index is 896. The molecule has 0 aliphatic carbocycles. The normalized spacial score (nSPS) is 11.6. The molecule has 1 aromatic heterocycles. The van der Waals surface area contributed by atoms with Gasteiger partial charge in [-0.05, 0) is 47.9 Å². The third kappa shape index (κ3) is 5.04. The number of pyridine rings is 1. The summed E-state index contributed by atoms with van der Waals surface area (Å²) in [7, 11) is -3.82. The lowest BCUT2D eigenvalue weighted by Crippen LogP contribution is -2.30. The molecule has 0 atom stereocenters. The number of nitrogens with one attached hydrogen (secondary N) is 1. The molecule has 7 heteroatoms. The van der Waals surface area contributed by atoms with Crippen molar-refractivity contribution in [1.29, 1.82) is 5.26 Å². The van der Waals surface area contributed by atoms with Crippen molar-refractivity contribution in [3.8, 4) is 6.07 Å². The first-order valence-corrected chi connectivity index (χ1v) is 8.67. The highest BCUT2D eigenvalue weighted by Gasteiger charge is 2.14. The molecule has 0 saturated heterocycles. The zero-order chi connectivity index (χ0) is 17.6. The summed E-state index contributed by atoms with van der Waals surface area (Å²) in [6.45, 7) is 1.71. The molecule has 2 rings (SSSR count). The molecule has 1 N–H and O–H groups in total. The van der Waals surface area contributed by atoms with Gasteiger partial charge < -0.3 is 0 Å². The van der Waals surface area contributed by atoms with Gasteiger partial charge in [0.2, 0.25) is 10.0 Å². The van der Waals surface area contributed by atoms with Gasteiger partial charge in [0, 0.05) is 18.5 Å². The highest BCUT2D eigenvalue weighted by molar-refractivity contribution is 7.89. The van der Waals surface area contributed by atoms with E-state index in [9.17, 15) is 13.2 Å². The summed E-state index contributed by atoms with van der Waals surface area (Å²) in [5.41, 5.74) is 2.34. The van der Waals surface area contributed by atoms with Gasteiger partial charge in [0.05, 0.1) is 17.4 Å². The lowest BCUT2D eigenvalue weighted by Gasteiger charge is -2.06. The molecule has 24 heavy (non-hydrogen) atoms. The minimum Gasteiger partial charge on any atom is -0.269 e. The van der Waals surface area contributed by atoms with Gasteiger partial charge in [0.1, 0.15) is 0 Å². The molecule has 1 amide bonds. The molecular weight excluding hydrogens is 326 g/mol. The Kier molecular flexibility index (Phi) is 5.45. The molecule has 1 heterocycles. The van der Waals surface area contributed by atoms with E-state index >= 15 is 0 Å². The average Bonchev–Trinajstić information content (AvgIpc) is 2.55. The smallest absolute Gasteiger partial charge is 0.257 e. The second-order valence-electron chi connectivity index (χ2n) is 5.10. The van der Waals surface area contributed by atoms with Crippen molar-refractivity contribution in [1.82, 2.24) is 9.71 Å². The number of benzene rings is 1. The van der Waals surface area contributed by atoms with Gasteiger partial charge in [-0.3, -0.25) is 9.78 Å². The average molecular weight is 341 g/mol. The first kappa shape index (κ1) is 17.4. The van der Waals surface area contributed by atoms with Crippen LogP contribution < -0.4 is 4.72 Å². The van der Waals surface area contributed by atoms with E-state index in [1.807, 2.05) is 10.8 Å². The van der Waals surface area contributed by atoms with E-state index in [-0.39, 0.29) is 5.75 Å². The number of rotatable bonds is 5. The first-order valence-electron chi connectivity index (χ1n) is 7.02. The second-order valence-corrected chi connectivity index (χ2v) is 6.82. The van der Waals surface area contributed by atoms with Gasteiger partial charge in [-0.15, -0.1) is 0 Å². The number of hydrogen-bond donors (Lipinski definition) is 1. The molecule has 0 saturated carbocycles. The molecule has 0 bridgehead atoms. The van der Waals surface area contributed by atoms with E-state index in [0.717, 1.165) is 5.56 Å². The highest BCUT2D eigenvalue weighted by Crippen LogP contribution is 2.12. The van der Waals surface area contributed by atoms with E-state index in [2.05, 4.69) is 4.98 Å². The zero-order valence-electron chi connectivity index (χ0n) is 12.9. The third-order valence-corrected chi connectivity index (χ3v) is 4.40. The Hall–Kier alpha value is -2.98. The SMILES string of the molecule is C/C(=C\C(=O)NS(=O)(=O)Cc1ccc(C#N)cc1)c1ccncc1. The fourth-order valence-corrected chi connectivity index (χ4v) is 3.08. The van der Waals surface area contributed by atoms with Gasteiger partial charge >= 0.3 is 0 Å². The summed E-state index contributed by atoms with van der Waals surface area (Å²) in [6, 6.07) is 11.5. The summed E-state index contributed by atoms with van der Waals surface area (Å²) in [5.74, 6) is -1.05. The van der Waals surface area contributed by atoms with E-state index in [4.69, 9.17) is 5.26 Å². The zero-order valence-corrected chi connectivity index (χ0v) is 13.7. The Balaban J connectivity index is 2.05. The Morgan fingerprint density at radius 1 is 1.21 bits per heavy atom. The van der Waals surface area contributed by atoms with Crippen LogP contribution in [0.3, 0.4) is 0 Å². The van der Waals surface area contributed by atoms with Crippen LogP contribution in [0.4, 0.5) is 0 Å². The number of amides is 1. The monoisotopic (exact) mass is 341 g/mol. The molecule has 0 spiro atoms. The van der Waals surface area contributed by atoms with Crippen molar-refractivity contribution in [3.05, 3.63) is 71.6 Å². The predicted octanol–water partition coefficient (Wildman–Crippen LogP) is 2.00. The number of carbonyl (C=O) groups is 1. The third-order valence-electron chi connectivity index (χ3n) is 3.18. The molecule has 0 radical (unpaired) electrons. The van der Waals surface area contributed by atoms with Crippen LogP contribution in [0.25, 0.3) is 5.57 Å².